The van der Waals surface area contributed by atoms with E-state index in [1.807, 2.05) is 31.2 Å². The van der Waals surface area contributed by atoms with E-state index >= 15 is 0 Å². The van der Waals surface area contributed by atoms with Gasteiger partial charge in [0, 0.05) is 5.57 Å². The number of para-hydroxylation sites is 1. The number of rotatable bonds is 5. The molecule has 0 saturated heterocycles. The molecule has 0 aliphatic rings. The zero-order valence-electron chi connectivity index (χ0n) is 10.8. The number of carbonyl (C=O) groups is 1. The Morgan fingerprint density at radius 2 is 2.06 bits per heavy atom. The maximum Gasteiger partial charge on any atom is 0.338 e. The molecular formula is C15H20O2. The molecular weight excluding hydrogens is 212 g/mol. The first-order chi connectivity index (χ1) is 8.19. The van der Waals surface area contributed by atoms with Crippen LogP contribution in [0.5, 0.6) is 5.75 Å². The molecule has 0 radical (unpaired) electrons. The summed E-state index contributed by atoms with van der Waals surface area (Å²) in [6.45, 7) is 5.75. The molecule has 0 amide bonds. The van der Waals surface area contributed by atoms with E-state index in [0.717, 1.165) is 24.8 Å². The fourth-order valence-electron chi connectivity index (χ4n) is 1.48. The summed E-state index contributed by atoms with van der Waals surface area (Å²) < 4.78 is 5.39. The van der Waals surface area contributed by atoms with Crippen LogP contribution < -0.4 is 4.74 Å². The van der Waals surface area contributed by atoms with Crippen LogP contribution in [0.25, 0.3) is 0 Å². The lowest BCUT2D eigenvalue weighted by molar-refractivity contribution is -0.130. The highest BCUT2D eigenvalue weighted by atomic mass is 16.5. The van der Waals surface area contributed by atoms with Gasteiger partial charge in [0.15, 0.2) is 0 Å². The van der Waals surface area contributed by atoms with Crippen molar-refractivity contribution in [2.75, 3.05) is 0 Å². The van der Waals surface area contributed by atoms with E-state index in [0.29, 0.717) is 11.3 Å². The van der Waals surface area contributed by atoms with Gasteiger partial charge in [-0.15, -0.1) is 0 Å². The topological polar surface area (TPSA) is 26.3 Å². The lowest BCUT2D eigenvalue weighted by Crippen LogP contribution is -2.10. The van der Waals surface area contributed by atoms with Crippen molar-refractivity contribution in [3.8, 4) is 5.75 Å². The molecule has 0 spiro atoms. The molecule has 2 nitrogen and oxygen atoms in total. The van der Waals surface area contributed by atoms with E-state index < -0.39 is 0 Å². The van der Waals surface area contributed by atoms with Gasteiger partial charge in [0.1, 0.15) is 5.75 Å². The average molecular weight is 232 g/mol. The van der Waals surface area contributed by atoms with Crippen molar-refractivity contribution < 1.29 is 9.53 Å². The summed E-state index contributed by atoms with van der Waals surface area (Å²) in [6, 6.07) is 7.74. The molecule has 1 aromatic rings. The van der Waals surface area contributed by atoms with E-state index in [9.17, 15) is 4.79 Å². The Balaban J connectivity index is 2.79. The molecule has 2 heteroatoms. The summed E-state index contributed by atoms with van der Waals surface area (Å²) >= 11 is 0. The monoisotopic (exact) mass is 232 g/mol. The molecule has 1 aromatic carbocycles. The van der Waals surface area contributed by atoms with Gasteiger partial charge in [0.25, 0.3) is 0 Å². The van der Waals surface area contributed by atoms with E-state index in [1.165, 1.54) is 0 Å². The SMILES string of the molecule is CC=C(C)C(=O)Oc1ccccc1CCCC. The second-order valence-corrected chi connectivity index (χ2v) is 4.07. The lowest BCUT2D eigenvalue weighted by Gasteiger charge is -2.09. The molecule has 0 N–H and O–H groups in total. The number of unbranched alkanes of at least 4 members (excludes halogenated alkanes) is 1. The van der Waals surface area contributed by atoms with Gasteiger partial charge in [-0.1, -0.05) is 37.6 Å². The van der Waals surface area contributed by atoms with Gasteiger partial charge < -0.3 is 4.74 Å². The third-order valence-corrected chi connectivity index (χ3v) is 2.73. The maximum absolute atomic E-state index is 11.7. The number of carbonyl (C=O) groups excluding carboxylic acids is 1. The van der Waals surface area contributed by atoms with Gasteiger partial charge in [-0.05, 0) is 38.3 Å². The van der Waals surface area contributed by atoms with Gasteiger partial charge in [-0.25, -0.2) is 4.79 Å². The predicted octanol–water partition coefficient (Wildman–Crippen LogP) is 3.90. The number of benzene rings is 1. The smallest absolute Gasteiger partial charge is 0.338 e. The first-order valence-corrected chi connectivity index (χ1v) is 6.12. The van der Waals surface area contributed by atoms with Crippen molar-refractivity contribution in [1.29, 1.82) is 0 Å². The number of esters is 1. The molecule has 0 aliphatic carbocycles. The van der Waals surface area contributed by atoms with E-state index in [1.54, 1.807) is 13.0 Å². The zero-order valence-corrected chi connectivity index (χ0v) is 10.8. The molecule has 17 heavy (non-hydrogen) atoms. The maximum atomic E-state index is 11.7. The molecule has 0 fully saturated rings. The molecule has 0 saturated carbocycles. The van der Waals surface area contributed by atoms with Crippen LogP contribution in [0.15, 0.2) is 35.9 Å². The Labute approximate surface area is 103 Å². The van der Waals surface area contributed by atoms with Crippen molar-refractivity contribution in [2.45, 2.75) is 40.0 Å². The Morgan fingerprint density at radius 1 is 1.35 bits per heavy atom. The van der Waals surface area contributed by atoms with Crippen molar-refractivity contribution in [2.24, 2.45) is 0 Å². The quantitative estimate of drug-likeness (QED) is 0.437. The standard InChI is InChI=1S/C15H20O2/c1-4-6-9-13-10-7-8-11-14(13)17-15(16)12(3)5-2/h5,7-8,10-11H,4,6,9H2,1-3H3. The molecule has 0 bridgehead atoms. The van der Waals surface area contributed by atoms with Gasteiger partial charge in [-0.2, -0.15) is 0 Å². The molecule has 0 aromatic heterocycles. The summed E-state index contributed by atoms with van der Waals surface area (Å²) in [4.78, 5) is 11.7. The summed E-state index contributed by atoms with van der Waals surface area (Å²) in [5.41, 5.74) is 1.74. The van der Waals surface area contributed by atoms with Gasteiger partial charge in [0.2, 0.25) is 0 Å². The van der Waals surface area contributed by atoms with Crippen LogP contribution in [-0.4, -0.2) is 5.97 Å². The number of allylic oxidation sites excluding steroid dienone is 1. The van der Waals surface area contributed by atoms with Crippen LogP contribution in [0, 0.1) is 0 Å². The summed E-state index contributed by atoms with van der Waals surface area (Å²) in [7, 11) is 0. The van der Waals surface area contributed by atoms with Crippen LogP contribution in [0.1, 0.15) is 39.2 Å². The van der Waals surface area contributed by atoms with Crippen molar-refractivity contribution in [1.82, 2.24) is 0 Å². The third-order valence-electron chi connectivity index (χ3n) is 2.73. The number of ether oxygens (including phenoxy) is 1. The van der Waals surface area contributed by atoms with Gasteiger partial charge in [-0.3, -0.25) is 0 Å². The predicted molar refractivity (Wildman–Crippen MR) is 70.1 cm³/mol. The summed E-state index contributed by atoms with van der Waals surface area (Å²) in [6.07, 6.45) is 4.96. The highest BCUT2D eigenvalue weighted by molar-refractivity contribution is 5.89. The van der Waals surface area contributed by atoms with Crippen molar-refractivity contribution in [3.63, 3.8) is 0 Å². The van der Waals surface area contributed by atoms with Crippen LogP contribution in [0.3, 0.4) is 0 Å². The van der Waals surface area contributed by atoms with E-state index in [-0.39, 0.29) is 5.97 Å². The Hall–Kier alpha value is -1.57. The van der Waals surface area contributed by atoms with Crippen LogP contribution in [0.4, 0.5) is 0 Å². The highest BCUT2D eigenvalue weighted by Crippen LogP contribution is 2.21. The van der Waals surface area contributed by atoms with Crippen LogP contribution >= 0.6 is 0 Å². The second kappa shape index (κ2) is 6.89. The average Bonchev–Trinajstić information content (AvgIpc) is 2.36. The Bertz CT molecular complexity index is 405. The number of aryl methyl sites for hydroxylation is 1. The fraction of sp³-hybridized carbons (Fsp3) is 0.400. The van der Waals surface area contributed by atoms with Crippen molar-refractivity contribution in [3.05, 3.63) is 41.5 Å². The van der Waals surface area contributed by atoms with E-state index in [2.05, 4.69) is 6.92 Å². The normalized spacial score (nSPS) is 11.4. The number of hydrogen-bond acceptors (Lipinski definition) is 2. The molecule has 1 rings (SSSR count). The molecule has 92 valence electrons. The van der Waals surface area contributed by atoms with E-state index in [4.69, 9.17) is 4.74 Å². The summed E-state index contributed by atoms with van der Waals surface area (Å²) in [5.74, 6) is 0.420. The van der Waals surface area contributed by atoms with Gasteiger partial charge >= 0.3 is 5.97 Å². The summed E-state index contributed by atoms with van der Waals surface area (Å²) in [5, 5.41) is 0. The Kier molecular flexibility index (Phi) is 5.47. The fourth-order valence-corrected chi connectivity index (χ4v) is 1.48. The number of hydrogen-bond donors (Lipinski definition) is 0. The zero-order chi connectivity index (χ0) is 12.7. The minimum atomic E-state index is -0.267. The third kappa shape index (κ3) is 4.06. The minimum Gasteiger partial charge on any atom is -0.423 e. The van der Waals surface area contributed by atoms with Crippen molar-refractivity contribution >= 4 is 5.97 Å². The molecule has 0 heterocycles. The van der Waals surface area contributed by atoms with Crippen LogP contribution in [0.2, 0.25) is 0 Å². The first-order valence-electron chi connectivity index (χ1n) is 6.12. The highest BCUT2D eigenvalue weighted by Gasteiger charge is 2.09. The largest absolute Gasteiger partial charge is 0.423 e. The minimum absolute atomic E-state index is 0.267. The molecule has 0 unspecified atom stereocenters. The molecule has 0 aliphatic heterocycles. The van der Waals surface area contributed by atoms with Crippen LogP contribution in [-0.2, 0) is 11.2 Å². The molecule has 0 atom stereocenters. The second-order valence-electron chi connectivity index (χ2n) is 4.07. The van der Waals surface area contributed by atoms with Gasteiger partial charge in [0.05, 0.1) is 0 Å². The lowest BCUT2D eigenvalue weighted by atomic mass is 10.1. The first kappa shape index (κ1) is 13.5. The Morgan fingerprint density at radius 3 is 2.71 bits per heavy atom.